The van der Waals surface area contributed by atoms with Crippen LogP contribution in [0.15, 0.2) is 59.4 Å². The van der Waals surface area contributed by atoms with Crippen LogP contribution in [0.2, 0.25) is 0 Å². The van der Waals surface area contributed by atoms with Crippen LogP contribution >= 0.6 is 0 Å². The Bertz CT molecular complexity index is 1220. The van der Waals surface area contributed by atoms with Crippen molar-refractivity contribution < 1.29 is 9.47 Å². The number of hydrogen-bond donors (Lipinski definition) is 0. The number of nitrogens with zero attached hydrogens (tertiary/aromatic N) is 3. The Morgan fingerprint density at radius 3 is 2.39 bits per heavy atom. The molecule has 0 atom stereocenters. The van der Waals surface area contributed by atoms with Gasteiger partial charge in [0.15, 0.2) is 0 Å². The molecule has 0 aliphatic carbocycles. The minimum atomic E-state index is -0.115. The molecule has 0 spiro atoms. The van der Waals surface area contributed by atoms with Crippen LogP contribution in [-0.2, 0) is 7.05 Å². The molecule has 0 fully saturated rings. The van der Waals surface area contributed by atoms with Crippen LogP contribution in [0.4, 0.5) is 0 Å². The molecule has 2 heterocycles. The molecule has 0 aliphatic rings. The van der Waals surface area contributed by atoms with Gasteiger partial charge >= 0.3 is 0 Å². The van der Waals surface area contributed by atoms with Crippen LogP contribution in [0.3, 0.4) is 0 Å². The number of ether oxygens (including phenoxy) is 2. The van der Waals surface area contributed by atoms with E-state index in [-0.39, 0.29) is 5.56 Å². The standard InChI is InChI=1S/C22H21N3O3/c1-14-12-19(26)25-21(15-8-6-5-7-9-15)20(23-22(25)24(14)2)17-11-10-16(27-3)13-18(17)28-4/h5-13H,1-4H3. The normalized spacial score (nSPS) is 11.0. The van der Waals surface area contributed by atoms with E-state index < -0.39 is 0 Å². The maximum Gasteiger partial charge on any atom is 0.259 e. The molecular formula is C22H21N3O3. The number of rotatable bonds is 4. The van der Waals surface area contributed by atoms with Crippen molar-refractivity contribution in [1.29, 1.82) is 0 Å². The van der Waals surface area contributed by atoms with E-state index in [2.05, 4.69) is 0 Å². The van der Waals surface area contributed by atoms with Crippen LogP contribution in [0.5, 0.6) is 11.5 Å². The lowest BCUT2D eigenvalue weighted by atomic mass is 10.0. The Morgan fingerprint density at radius 1 is 0.964 bits per heavy atom. The lowest BCUT2D eigenvalue weighted by Crippen LogP contribution is -2.18. The summed E-state index contributed by atoms with van der Waals surface area (Å²) in [6.07, 6.45) is 0. The zero-order valence-electron chi connectivity index (χ0n) is 16.3. The average Bonchev–Trinajstić information content (AvgIpc) is 3.13. The predicted molar refractivity (Wildman–Crippen MR) is 109 cm³/mol. The molecular weight excluding hydrogens is 354 g/mol. The fourth-order valence-electron chi connectivity index (χ4n) is 3.38. The van der Waals surface area contributed by atoms with Gasteiger partial charge < -0.3 is 14.0 Å². The van der Waals surface area contributed by atoms with Crippen molar-refractivity contribution >= 4 is 5.78 Å². The fourth-order valence-corrected chi connectivity index (χ4v) is 3.38. The Labute approximate surface area is 162 Å². The fraction of sp³-hybridized carbons (Fsp3) is 0.182. The van der Waals surface area contributed by atoms with E-state index in [0.29, 0.717) is 23.0 Å². The van der Waals surface area contributed by atoms with Gasteiger partial charge in [0.1, 0.15) is 17.2 Å². The quantitative estimate of drug-likeness (QED) is 0.546. The first-order valence-electron chi connectivity index (χ1n) is 8.92. The van der Waals surface area contributed by atoms with Crippen LogP contribution < -0.4 is 15.0 Å². The predicted octanol–water partition coefficient (Wildman–Crippen LogP) is 3.69. The van der Waals surface area contributed by atoms with Crippen molar-refractivity contribution in [2.75, 3.05) is 14.2 Å². The van der Waals surface area contributed by atoms with Gasteiger partial charge in [0, 0.05) is 36.0 Å². The molecule has 0 radical (unpaired) electrons. The zero-order valence-corrected chi connectivity index (χ0v) is 16.3. The minimum Gasteiger partial charge on any atom is -0.497 e. The molecule has 4 rings (SSSR count). The van der Waals surface area contributed by atoms with Crippen molar-refractivity contribution in [3.63, 3.8) is 0 Å². The van der Waals surface area contributed by atoms with Crippen LogP contribution in [0.25, 0.3) is 28.3 Å². The molecule has 0 amide bonds. The highest BCUT2D eigenvalue weighted by Gasteiger charge is 2.22. The number of imidazole rings is 1. The second-order valence-electron chi connectivity index (χ2n) is 6.56. The molecule has 142 valence electrons. The SMILES string of the molecule is COc1ccc(-c2nc3n(C)c(C)cc(=O)n3c2-c2ccccc2)c(OC)c1. The van der Waals surface area contributed by atoms with Crippen molar-refractivity contribution in [2.45, 2.75) is 6.92 Å². The molecule has 0 N–H and O–H groups in total. The molecule has 6 heteroatoms. The number of benzene rings is 2. The average molecular weight is 375 g/mol. The van der Waals surface area contributed by atoms with E-state index in [9.17, 15) is 4.79 Å². The third-order valence-electron chi connectivity index (χ3n) is 4.95. The zero-order chi connectivity index (χ0) is 19.8. The third kappa shape index (κ3) is 2.74. The molecule has 0 saturated heterocycles. The number of aromatic nitrogens is 3. The number of aryl methyl sites for hydroxylation is 2. The summed E-state index contributed by atoms with van der Waals surface area (Å²) < 4.78 is 14.5. The largest absolute Gasteiger partial charge is 0.497 e. The molecule has 6 nitrogen and oxygen atoms in total. The summed E-state index contributed by atoms with van der Waals surface area (Å²) in [4.78, 5) is 17.8. The summed E-state index contributed by atoms with van der Waals surface area (Å²) in [5.41, 5.74) is 3.85. The van der Waals surface area contributed by atoms with Crippen molar-refractivity contribution in [3.8, 4) is 34.0 Å². The molecule has 28 heavy (non-hydrogen) atoms. The maximum atomic E-state index is 12.9. The first kappa shape index (κ1) is 17.9. The van der Waals surface area contributed by atoms with Gasteiger partial charge in [-0.15, -0.1) is 0 Å². The van der Waals surface area contributed by atoms with Gasteiger partial charge in [0.25, 0.3) is 5.56 Å². The summed E-state index contributed by atoms with van der Waals surface area (Å²) in [6.45, 7) is 1.89. The maximum absolute atomic E-state index is 12.9. The monoisotopic (exact) mass is 375 g/mol. The summed E-state index contributed by atoms with van der Waals surface area (Å²) in [6, 6.07) is 17.0. The van der Waals surface area contributed by atoms with Gasteiger partial charge in [-0.2, -0.15) is 0 Å². The minimum absolute atomic E-state index is 0.115. The second kappa shape index (κ2) is 6.88. The van der Waals surface area contributed by atoms with E-state index >= 15 is 0 Å². The second-order valence-corrected chi connectivity index (χ2v) is 6.56. The highest BCUT2D eigenvalue weighted by atomic mass is 16.5. The van der Waals surface area contributed by atoms with Crippen LogP contribution in [-0.4, -0.2) is 28.2 Å². The summed E-state index contributed by atoms with van der Waals surface area (Å²) in [5.74, 6) is 1.90. The first-order chi connectivity index (χ1) is 13.5. The molecule has 4 aromatic rings. The first-order valence-corrected chi connectivity index (χ1v) is 8.92. The van der Waals surface area contributed by atoms with E-state index in [1.165, 1.54) is 0 Å². The topological polar surface area (TPSA) is 57.8 Å². The van der Waals surface area contributed by atoms with E-state index in [0.717, 1.165) is 22.5 Å². The van der Waals surface area contributed by atoms with Crippen molar-refractivity contribution in [1.82, 2.24) is 14.0 Å². The lowest BCUT2D eigenvalue weighted by Gasteiger charge is -2.11. The Balaban J connectivity index is 2.14. The van der Waals surface area contributed by atoms with Crippen LogP contribution in [0, 0.1) is 6.92 Å². The molecule has 2 aromatic carbocycles. The highest BCUT2D eigenvalue weighted by molar-refractivity contribution is 5.84. The highest BCUT2D eigenvalue weighted by Crippen LogP contribution is 2.38. The molecule has 2 aromatic heterocycles. The van der Waals surface area contributed by atoms with Gasteiger partial charge in [0.2, 0.25) is 5.78 Å². The van der Waals surface area contributed by atoms with Crippen molar-refractivity contribution in [2.24, 2.45) is 7.05 Å². The summed E-state index contributed by atoms with van der Waals surface area (Å²) >= 11 is 0. The molecule has 0 bridgehead atoms. The summed E-state index contributed by atoms with van der Waals surface area (Å²) in [5, 5.41) is 0. The van der Waals surface area contributed by atoms with E-state index in [4.69, 9.17) is 14.5 Å². The summed E-state index contributed by atoms with van der Waals surface area (Å²) in [7, 11) is 5.13. The van der Waals surface area contributed by atoms with Gasteiger partial charge in [-0.1, -0.05) is 30.3 Å². The number of hydrogen-bond acceptors (Lipinski definition) is 4. The van der Waals surface area contributed by atoms with E-state index in [1.807, 2.05) is 67.1 Å². The number of fused-ring (bicyclic) bond motifs is 1. The van der Waals surface area contributed by atoms with Crippen LogP contribution in [0.1, 0.15) is 5.69 Å². The molecule has 0 aliphatic heterocycles. The molecule has 0 saturated carbocycles. The Kier molecular flexibility index (Phi) is 4.39. The van der Waals surface area contributed by atoms with Gasteiger partial charge in [0.05, 0.1) is 19.9 Å². The Hall–Kier alpha value is -3.54. The van der Waals surface area contributed by atoms with Crippen molar-refractivity contribution in [3.05, 3.63) is 70.6 Å². The van der Waals surface area contributed by atoms with E-state index in [1.54, 1.807) is 24.7 Å². The smallest absolute Gasteiger partial charge is 0.259 e. The van der Waals surface area contributed by atoms with Gasteiger partial charge in [-0.25, -0.2) is 9.38 Å². The molecule has 0 unspecified atom stereocenters. The van der Waals surface area contributed by atoms with Gasteiger partial charge in [-0.3, -0.25) is 4.79 Å². The Morgan fingerprint density at radius 2 is 1.71 bits per heavy atom. The lowest BCUT2D eigenvalue weighted by molar-refractivity contribution is 0.395. The third-order valence-corrected chi connectivity index (χ3v) is 4.95. The van der Waals surface area contributed by atoms with Gasteiger partial charge in [-0.05, 0) is 19.1 Å². The number of methoxy groups -OCH3 is 2.